The summed E-state index contributed by atoms with van der Waals surface area (Å²) in [5, 5.41) is 9.92. The molecule has 0 aliphatic heterocycles. The second-order valence-electron chi connectivity index (χ2n) is 16.4. The van der Waals surface area contributed by atoms with Gasteiger partial charge >= 0.3 is 0 Å². The molecule has 1 heteroatoms. The molecular weight excluding hydrogens is 701 g/mol. The third kappa shape index (κ3) is 4.77. The summed E-state index contributed by atoms with van der Waals surface area (Å²) >= 11 is 0. The lowest BCUT2D eigenvalue weighted by molar-refractivity contribution is 0.666. The number of rotatable bonds is 4. The fourth-order valence-corrected chi connectivity index (χ4v) is 10.2. The maximum Gasteiger partial charge on any atom is 0.135 e. The summed E-state index contributed by atoms with van der Waals surface area (Å²) in [7, 11) is 0. The van der Waals surface area contributed by atoms with Gasteiger partial charge in [0.05, 0.1) is 0 Å². The molecular formula is C57H38O. The minimum Gasteiger partial charge on any atom is -0.456 e. The van der Waals surface area contributed by atoms with E-state index >= 15 is 0 Å². The number of fused-ring (bicyclic) bond motifs is 10. The average molecular weight is 739 g/mol. The predicted octanol–water partition coefficient (Wildman–Crippen LogP) is 16.0. The quantitative estimate of drug-likeness (QED) is 0.164. The summed E-state index contributed by atoms with van der Waals surface area (Å²) in [5.74, 6) is 0. The maximum absolute atomic E-state index is 6.21. The van der Waals surface area contributed by atoms with Gasteiger partial charge in [-0.25, -0.2) is 0 Å². The monoisotopic (exact) mass is 738 g/mol. The predicted molar refractivity (Wildman–Crippen MR) is 246 cm³/mol. The SMILES string of the molecule is CC1(C)c2ccc(-c3ccc(-c4c5ccccc5c(-c5ccccc5-c5ccc6oc7ccccc7c6c5)c5ccccc45)cc3)cc2-c2ccc3ccccc3c21. The first-order valence-corrected chi connectivity index (χ1v) is 20.3. The molecule has 1 heterocycles. The molecule has 0 saturated heterocycles. The minimum atomic E-state index is -0.0645. The summed E-state index contributed by atoms with van der Waals surface area (Å²) in [6.07, 6.45) is 0. The van der Waals surface area contributed by atoms with Gasteiger partial charge in [0.15, 0.2) is 0 Å². The molecule has 1 aliphatic carbocycles. The molecule has 0 radical (unpaired) electrons. The van der Waals surface area contributed by atoms with Crippen molar-refractivity contribution in [3.05, 3.63) is 205 Å². The van der Waals surface area contributed by atoms with Gasteiger partial charge in [-0.3, -0.25) is 0 Å². The van der Waals surface area contributed by atoms with Crippen molar-refractivity contribution in [1.29, 1.82) is 0 Å². The number of para-hydroxylation sites is 1. The minimum absolute atomic E-state index is 0.0645. The molecule has 10 aromatic carbocycles. The van der Waals surface area contributed by atoms with Crippen LogP contribution in [0.4, 0.5) is 0 Å². The fourth-order valence-electron chi connectivity index (χ4n) is 10.2. The molecule has 11 aromatic rings. The van der Waals surface area contributed by atoms with Gasteiger partial charge in [0.2, 0.25) is 0 Å². The van der Waals surface area contributed by atoms with Gasteiger partial charge in [-0.05, 0) is 123 Å². The Morgan fingerprint density at radius 3 is 1.62 bits per heavy atom. The Labute approximate surface area is 337 Å². The van der Waals surface area contributed by atoms with E-state index < -0.39 is 0 Å². The van der Waals surface area contributed by atoms with E-state index in [9.17, 15) is 0 Å². The fraction of sp³-hybridized carbons (Fsp3) is 0.0526. The Kier molecular flexibility index (Phi) is 7.04. The summed E-state index contributed by atoms with van der Waals surface area (Å²) in [6, 6.07) is 71.4. The normalized spacial score (nSPS) is 13.1. The van der Waals surface area contributed by atoms with Crippen LogP contribution in [0.5, 0.6) is 0 Å². The second kappa shape index (κ2) is 12.4. The van der Waals surface area contributed by atoms with Crippen molar-refractivity contribution in [3.63, 3.8) is 0 Å². The van der Waals surface area contributed by atoms with Gasteiger partial charge in [-0.2, -0.15) is 0 Å². The lowest BCUT2D eigenvalue weighted by Crippen LogP contribution is -2.15. The van der Waals surface area contributed by atoms with Crippen LogP contribution in [0.3, 0.4) is 0 Å². The molecule has 1 nitrogen and oxygen atoms in total. The van der Waals surface area contributed by atoms with Gasteiger partial charge in [0.1, 0.15) is 11.2 Å². The van der Waals surface area contributed by atoms with Crippen LogP contribution in [0.15, 0.2) is 199 Å². The van der Waals surface area contributed by atoms with Crippen molar-refractivity contribution in [2.75, 3.05) is 0 Å². The van der Waals surface area contributed by atoms with Crippen LogP contribution in [0, 0.1) is 0 Å². The van der Waals surface area contributed by atoms with Crippen LogP contribution in [0.1, 0.15) is 25.0 Å². The first kappa shape index (κ1) is 33.0. The Morgan fingerprint density at radius 1 is 0.328 bits per heavy atom. The van der Waals surface area contributed by atoms with Crippen molar-refractivity contribution in [1.82, 2.24) is 0 Å². The second-order valence-corrected chi connectivity index (χ2v) is 16.4. The largest absolute Gasteiger partial charge is 0.456 e. The van der Waals surface area contributed by atoms with E-state index in [4.69, 9.17) is 4.42 Å². The first-order chi connectivity index (χ1) is 28.5. The van der Waals surface area contributed by atoms with Crippen LogP contribution in [0.25, 0.3) is 110 Å². The van der Waals surface area contributed by atoms with Crippen molar-refractivity contribution in [3.8, 4) is 55.6 Å². The highest BCUT2D eigenvalue weighted by atomic mass is 16.3. The van der Waals surface area contributed by atoms with Crippen LogP contribution in [-0.4, -0.2) is 0 Å². The Hall–Kier alpha value is -7.22. The zero-order chi connectivity index (χ0) is 38.5. The van der Waals surface area contributed by atoms with Gasteiger partial charge in [-0.15, -0.1) is 0 Å². The molecule has 0 saturated carbocycles. The van der Waals surface area contributed by atoms with E-state index in [-0.39, 0.29) is 5.41 Å². The topological polar surface area (TPSA) is 13.1 Å². The Bertz CT molecular complexity index is 3410. The lowest BCUT2D eigenvalue weighted by atomic mass is 9.80. The molecule has 0 unspecified atom stereocenters. The zero-order valence-corrected chi connectivity index (χ0v) is 32.4. The lowest BCUT2D eigenvalue weighted by Gasteiger charge is -2.23. The van der Waals surface area contributed by atoms with Crippen molar-refractivity contribution in [2.24, 2.45) is 0 Å². The van der Waals surface area contributed by atoms with Gasteiger partial charge in [0.25, 0.3) is 0 Å². The molecule has 0 N–H and O–H groups in total. The van der Waals surface area contributed by atoms with E-state index in [0.717, 1.165) is 21.9 Å². The van der Waals surface area contributed by atoms with Crippen LogP contribution in [0.2, 0.25) is 0 Å². The standard InChI is InChI=1S/C57H38O/c1-57(2)51-31-28-38(33-49(51)48-30-27-36-13-3-4-15-41(36)56(48)57)35-23-25-37(26-24-35)54-44-18-7-9-20-46(44)55(47-21-10-8-19-45(47)54)43-17-6-5-14-40(43)39-29-32-53-50(34-39)42-16-11-12-22-52(42)58-53/h3-34H,1-2H3. The molecule has 12 rings (SSSR count). The number of benzene rings is 10. The van der Waals surface area contributed by atoms with Crippen molar-refractivity contribution < 1.29 is 4.42 Å². The summed E-state index contributed by atoms with van der Waals surface area (Å²) < 4.78 is 6.21. The van der Waals surface area contributed by atoms with Gasteiger partial charge < -0.3 is 4.42 Å². The average Bonchev–Trinajstić information content (AvgIpc) is 3.76. The molecule has 0 atom stereocenters. The number of hydrogen-bond donors (Lipinski definition) is 0. The highest BCUT2D eigenvalue weighted by Gasteiger charge is 2.37. The summed E-state index contributed by atoms with van der Waals surface area (Å²) in [6.45, 7) is 4.75. The Morgan fingerprint density at radius 2 is 0.879 bits per heavy atom. The number of hydrogen-bond acceptors (Lipinski definition) is 1. The summed E-state index contributed by atoms with van der Waals surface area (Å²) in [5.41, 5.74) is 17.1. The zero-order valence-electron chi connectivity index (χ0n) is 32.4. The highest BCUT2D eigenvalue weighted by molar-refractivity contribution is 6.22. The highest BCUT2D eigenvalue weighted by Crippen LogP contribution is 2.52. The molecule has 272 valence electrons. The van der Waals surface area contributed by atoms with Gasteiger partial charge in [0, 0.05) is 16.2 Å². The van der Waals surface area contributed by atoms with E-state index in [1.165, 1.54) is 99.1 Å². The van der Waals surface area contributed by atoms with Crippen molar-refractivity contribution >= 4 is 54.3 Å². The van der Waals surface area contributed by atoms with Crippen LogP contribution < -0.4 is 0 Å². The molecule has 0 fully saturated rings. The number of furan rings is 1. The van der Waals surface area contributed by atoms with Crippen molar-refractivity contribution in [2.45, 2.75) is 19.3 Å². The van der Waals surface area contributed by atoms with E-state index in [1.807, 2.05) is 12.1 Å². The summed E-state index contributed by atoms with van der Waals surface area (Å²) in [4.78, 5) is 0. The third-order valence-corrected chi connectivity index (χ3v) is 12.9. The van der Waals surface area contributed by atoms with Crippen LogP contribution in [-0.2, 0) is 5.41 Å². The van der Waals surface area contributed by atoms with E-state index in [1.54, 1.807) is 0 Å². The molecule has 0 spiro atoms. The maximum atomic E-state index is 6.21. The molecule has 0 amide bonds. The molecule has 1 aliphatic rings. The third-order valence-electron chi connectivity index (χ3n) is 12.9. The van der Waals surface area contributed by atoms with Gasteiger partial charge in [-0.1, -0.05) is 184 Å². The first-order valence-electron chi connectivity index (χ1n) is 20.3. The molecule has 0 bridgehead atoms. The van der Waals surface area contributed by atoms with E-state index in [2.05, 4.69) is 196 Å². The smallest absolute Gasteiger partial charge is 0.135 e. The van der Waals surface area contributed by atoms with E-state index in [0.29, 0.717) is 0 Å². The molecule has 58 heavy (non-hydrogen) atoms. The van der Waals surface area contributed by atoms with Crippen LogP contribution >= 0.6 is 0 Å². The molecule has 1 aromatic heterocycles. The Balaban J connectivity index is 0.993.